The minimum atomic E-state index is 0.698. The summed E-state index contributed by atoms with van der Waals surface area (Å²) in [7, 11) is 0. The van der Waals surface area contributed by atoms with Crippen LogP contribution >= 0.6 is 0 Å². The van der Waals surface area contributed by atoms with Crippen molar-refractivity contribution < 1.29 is 4.74 Å². The van der Waals surface area contributed by atoms with Gasteiger partial charge in [0.1, 0.15) is 0 Å². The second-order valence-corrected chi connectivity index (χ2v) is 11.4. The molecule has 2 aliphatic rings. The van der Waals surface area contributed by atoms with Gasteiger partial charge in [-0.2, -0.15) is 0 Å². The summed E-state index contributed by atoms with van der Waals surface area (Å²) in [6, 6.07) is 39.3. The van der Waals surface area contributed by atoms with Gasteiger partial charge in [0, 0.05) is 59.4 Å². The molecule has 0 aliphatic carbocycles. The number of benzene rings is 6. The molecule has 0 aromatic heterocycles. The first-order valence-electron chi connectivity index (χ1n) is 15.1. The molecule has 0 bridgehead atoms. The Morgan fingerprint density at radius 2 is 0.791 bits per heavy atom. The molecule has 0 atom stereocenters. The van der Waals surface area contributed by atoms with E-state index in [9.17, 15) is 0 Å². The SMILES string of the molecule is C1=CN(c2c3ccccc3cc3ccccc23)CN1CCOCCN1C=CN(c2c3ccccc3cc3ccccc23)C1. The van der Waals surface area contributed by atoms with Crippen LogP contribution in [0.4, 0.5) is 11.4 Å². The van der Waals surface area contributed by atoms with Crippen LogP contribution in [0.5, 0.6) is 0 Å². The highest BCUT2D eigenvalue weighted by molar-refractivity contribution is 6.12. The van der Waals surface area contributed by atoms with Crippen molar-refractivity contribution in [3.63, 3.8) is 0 Å². The Bertz CT molecular complexity index is 1760. The molecule has 6 aromatic rings. The summed E-state index contributed by atoms with van der Waals surface area (Å²) in [4.78, 5) is 9.40. The minimum absolute atomic E-state index is 0.698. The summed E-state index contributed by atoms with van der Waals surface area (Å²) in [5.74, 6) is 0. The summed E-state index contributed by atoms with van der Waals surface area (Å²) in [5.41, 5.74) is 2.55. The largest absolute Gasteiger partial charge is 0.378 e. The van der Waals surface area contributed by atoms with E-state index in [1.807, 2.05) is 0 Å². The molecule has 0 unspecified atom stereocenters. The van der Waals surface area contributed by atoms with Crippen molar-refractivity contribution in [3.05, 3.63) is 134 Å². The normalized spacial score (nSPS) is 14.9. The van der Waals surface area contributed by atoms with E-state index < -0.39 is 0 Å². The first-order valence-corrected chi connectivity index (χ1v) is 15.1. The van der Waals surface area contributed by atoms with Crippen LogP contribution in [0.2, 0.25) is 0 Å². The Labute approximate surface area is 252 Å². The molecule has 0 amide bonds. The van der Waals surface area contributed by atoms with Gasteiger partial charge in [0.05, 0.1) is 37.9 Å². The molecule has 5 heteroatoms. The molecule has 43 heavy (non-hydrogen) atoms. The van der Waals surface area contributed by atoms with Gasteiger partial charge in [-0.25, -0.2) is 0 Å². The molecule has 0 saturated carbocycles. The van der Waals surface area contributed by atoms with Gasteiger partial charge in [0.2, 0.25) is 0 Å². The third-order valence-electron chi connectivity index (χ3n) is 8.69. The lowest BCUT2D eigenvalue weighted by Gasteiger charge is -2.25. The summed E-state index contributed by atoms with van der Waals surface area (Å²) < 4.78 is 6.13. The predicted octanol–water partition coefficient (Wildman–Crippen LogP) is 8.12. The second kappa shape index (κ2) is 11.0. The lowest BCUT2D eigenvalue weighted by Crippen LogP contribution is -2.30. The van der Waals surface area contributed by atoms with Crippen molar-refractivity contribution in [1.29, 1.82) is 0 Å². The molecular weight excluding hydrogens is 528 g/mol. The van der Waals surface area contributed by atoms with Crippen LogP contribution in [-0.2, 0) is 4.74 Å². The lowest BCUT2D eigenvalue weighted by atomic mass is 10.0. The molecule has 212 valence electrons. The molecule has 0 fully saturated rings. The van der Waals surface area contributed by atoms with Gasteiger partial charge in [-0.3, -0.25) is 0 Å². The van der Waals surface area contributed by atoms with E-state index in [0.29, 0.717) is 13.2 Å². The maximum Gasteiger partial charge on any atom is 0.0943 e. The monoisotopic (exact) mass is 562 g/mol. The Kier molecular flexibility index (Phi) is 6.58. The molecule has 2 aliphatic heterocycles. The molecule has 0 spiro atoms. The van der Waals surface area contributed by atoms with Gasteiger partial charge < -0.3 is 24.3 Å². The zero-order valence-electron chi connectivity index (χ0n) is 24.1. The van der Waals surface area contributed by atoms with Crippen LogP contribution in [-0.4, -0.2) is 49.4 Å². The number of hydrogen-bond donors (Lipinski definition) is 0. The third kappa shape index (κ3) is 4.82. The topological polar surface area (TPSA) is 22.2 Å². The van der Waals surface area contributed by atoms with Gasteiger partial charge in [-0.15, -0.1) is 0 Å². The van der Waals surface area contributed by atoms with E-state index in [2.05, 4.69) is 154 Å². The number of ether oxygens (including phenoxy) is 1. The maximum atomic E-state index is 6.13. The lowest BCUT2D eigenvalue weighted by molar-refractivity contribution is 0.105. The number of anilines is 2. The summed E-state index contributed by atoms with van der Waals surface area (Å²) in [6.07, 6.45) is 8.79. The third-order valence-corrected chi connectivity index (χ3v) is 8.69. The number of fused-ring (bicyclic) bond motifs is 4. The molecular formula is C38H34N4O. The molecule has 0 saturated heterocycles. The zero-order chi connectivity index (χ0) is 28.6. The average Bonchev–Trinajstić information content (AvgIpc) is 3.72. The molecule has 2 heterocycles. The molecule has 5 nitrogen and oxygen atoms in total. The molecule has 0 radical (unpaired) electrons. The number of nitrogens with zero attached hydrogens (tertiary/aromatic N) is 4. The second-order valence-electron chi connectivity index (χ2n) is 11.4. The summed E-state index contributed by atoms with van der Waals surface area (Å²) >= 11 is 0. The standard InChI is InChI=1S/C38H34N4O/c1-5-13-33-29(9-1)25-30-10-2-6-14-34(30)37(33)41-19-17-39(27-41)21-23-43-24-22-40-18-20-42(28-40)38-35-15-7-3-11-31(35)26-32-12-4-8-16-36(32)38/h1-20,25-26H,21-24,27-28H2. The van der Waals surface area contributed by atoms with Crippen molar-refractivity contribution >= 4 is 54.5 Å². The summed E-state index contributed by atoms with van der Waals surface area (Å²) in [6.45, 7) is 4.76. The first-order chi connectivity index (χ1) is 21.3. The quantitative estimate of drug-likeness (QED) is 0.138. The van der Waals surface area contributed by atoms with E-state index in [1.54, 1.807) is 0 Å². The maximum absolute atomic E-state index is 6.13. The van der Waals surface area contributed by atoms with E-state index in [4.69, 9.17) is 4.74 Å². The van der Waals surface area contributed by atoms with Crippen LogP contribution in [0, 0.1) is 0 Å². The minimum Gasteiger partial charge on any atom is -0.378 e. The highest BCUT2D eigenvalue weighted by atomic mass is 16.5. The highest BCUT2D eigenvalue weighted by Crippen LogP contribution is 2.38. The van der Waals surface area contributed by atoms with Crippen molar-refractivity contribution in [2.75, 3.05) is 49.4 Å². The van der Waals surface area contributed by atoms with Crippen LogP contribution in [0.3, 0.4) is 0 Å². The van der Waals surface area contributed by atoms with Gasteiger partial charge in [-0.1, -0.05) is 97.1 Å². The fraction of sp³-hybridized carbons (Fsp3) is 0.158. The van der Waals surface area contributed by atoms with Gasteiger partial charge in [0.25, 0.3) is 0 Å². The fourth-order valence-electron chi connectivity index (χ4n) is 6.57. The average molecular weight is 563 g/mol. The Morgan fingerprint density at radius 1 is 0.442 bits per heavy atom. The van der Waals surface area contributed by atoms with E-state index in [-0.39, 0.29) is 0 Å². The van der Waals surface area contributed by atoms with Crippen LogP contribution in [0.25, 0.3) is 43.1 Å². The molecule has 6 aromatic carbocycles. The van der Waals surface area contributed by atoms with Crippen molar-refractivity contribution in [2.45, 2.75) is 0 Å². The summed E-state index contributed by atoms with van der Waals surface area (Å²) in [5, 5.41) is 10.2. The Hall–Kier alpha value is -5.00. The van der Waals surface area contributed by atoms with Crippen molar-refractivity contribution in [3.8, 4) is 0 Å². The van der Waals surface area contributed by atoms with Crippen LogP contribution < -0.4 is 9.80 Å². The first kappa shape index (κ1) is 25.7. The fourth-order valence-corrected chi connectivity index (χ4v) is 6.57. The smallest absolute Gasteiger partial charge is 0.0943 e. The van der Waals surface area contributed by atoms with E-state index >= 15 is 0 Å². The van der Waals surface area contributed by atoms with E-state index in [0.717, 1.165) is 26.4 Å². The van der Waals surface area contributed by atoms with Gasteiger partial charge in [0.15, 0.2) is 0 Å². The number of hydrogen-bond acceptors (Lipinski definition) is 5. The zero-order valence-corrected chi connectivity index (χ0v) is 24.1. The number of rotatable bonds is 8. The van der Waals surface area contributed by atoms with Crippen LogP contribution in [0.15, 0.2) is 134 Å². The van der Waals surface area contributed by atoms with Gasteiger partial charge >= 0.3 is 0 Å². The van der Waals surface area contributed by atoms with Crippen molar-refractivity contribution in [2.24, 2.45) is 0 Å². The Morgan fingerprint density at radius 3 is 1.16 bits per heavy atom. The Balaban J connectivity index is 0.872. The molecule has 0 N–H and O–H groups in total. The van der Waals surface area contributed by atoms with Gasteiger partial charge in [-0.05, 0) is 33.7 Å². The highest BCUT2D eigenvalue weighted by Gasteiger charge is 2.20. The molecule has 8 rings (SSSR count). The van der Waals surface area contributed by atoms with Crippen molar-refractivity contribution in [1.82, 2.24) is 9.80 Å². The van der Waals surface area contributed by atoms with E-state index in [1.165, 1.54) is 54.5 Å². The predicted molar refractivity (Wildman–Crippen MR) is 180 cm³/mol. The van der Waals surface area contributed by atoms with Crippen LogP contribution in [0.1, 0.15) is 0 Å².